The molecule has 1 atom stereocenters. The van der Waals surface area contributed by atoms with E-state index in [0.717, 1.165) is 55.4 Å². The van der Waals surface area contributed by atoms with Crippen LogP contribution in [0.15, 0.2) is 23.2 Å². The Morgan fingerprint density at radius 3 is 2.69 bits per heavy atom. The number of alkyl carbamates (subject to hydrolysis) is 1. The van der Waals surface area contributed by atoms with Gasteiger partial charge in [0.15, 0.2) is 5.96 Å². The van der Waals surface area contributed by atoms with E-state index in [1.807, 2.05) is 27.7 Å². The van der Waals surface area contributed by atoms with Gasteiger partial charge in [-0.25, -0.2) is 9.79 Å². The number of ether oxygens (including phenoxy) is 3. The van der Waals surface area contributed by atoms with Gasteiger partial charge in [-0.05, 0) is 59.1 Å². The number of amides is 1. The molecule has 1 amide bonds. The molecule has 32 heavy (non-hydrogen) atoms. The molecule has 1 aromatic carbocycles. The van der Waals surface area contributed by atoms with Gasteiger partial charge in [0.25, 0.3) is 0 Å². The minimum absolute atomic E-state index is 0.394. The predicted molar refractivity (Wildman–Crippen MR) is 127 cm³/mol. The fourth-order valence-corrected chi connectivity index (χ4v) is 3.15. The fraction of sp³-hybridized carbons (Fsp3) is 0.667. The van der Waals surface area contributed by atoms with Gasteiger partial charge in [0.1, 0.15) is 11.4 Å². The van der Waals surface area contributed by atoms with E-state index in [0.29, 0.717) is 32.2 Å². The highest BCUT2D eigenvalue weighted by Gasteiger charge is 2.17. The molecule has 0 aromatic heterocycles. The number of hydrogen-bond donors (Lipinski definition) is 3. The van der Waals surface area contributed by atoms with Gasteiger partial charge in [-0.1, -0.05) is 12.1 Å². The maximum atomic E-state index is 11.7. The Bertz CT molecular complexity index is 740. The minimum atomic E-state index is -0.489. The molecule has 3 N–H and O–H groups in total. The molecule has 1 aliphatic rings. The monoisotopic (exact) mass is 448 g/mol. The smallest absolute Gasteiger partial charge is 0.407 e. The molecule has 1 saturated heterocycles. The Labute approximate surface area is 192 Å². The summed E-state index contributed by atoms with van der Waals surface area (Å²) in [6.07, 6.45) is 1.41. The lowest BCUT2D eigenvalue weighted by Gasteiger charge is -2.19. The Morgan fingerprint density at radius 2 is 2.00 bits per heavy atom. The van der Waals surface area contributed by atoms with Crippen molar-refractivity contribution in [3.05, 3.63) is 29.3 Å². The SMILES string of the molecule is CCNC(=NCc1ccc(C)cc1OCC1CCOC1)NCCCNC(=O)OC(C)(C)C. The lowest BCUT2D eigenvalue weighted by atomic mass is 10.1. The predicted octanol–water partition coefficient (Wildman–Crippen LogP) is 3.38. The molecular weight excluding hydrogens is 408 g/mol. The highest BCUT2D eigenvalue weighted by molar-refractivity contribution is 5.79. The van der Waals surface area contributed by atoms with Crippen LogP contribution in [0.1, 0.15) is 51.7 Å². The van der Waals surface area contributed by atoms with Crippen LogP contribution in [0, 0.1) is 12.8 Å². The van der Waals surface area contributed by atoms with Gasteiger partial charge in [0, 0.05) is 37.7 Å². The Morgan fingerprint density at radius 1 is 1.22 bits per heavy atom. The van der Waals surface area contributed by atoms with Crippen LogP contribution in [0.25, 0.3) is 0 Å². The van der Waals surface area contributed by atoms with E-state index in [1.54, 1.807) is 0 Å². The molecule has 0 radical (unpaired) electrons. The third-order valence-corrected chi connectivity index (χ3v) is 4.79. The van der Waals surface area contributed by atoms with Crippen LogP contribution in [0.3, 0.4) is 0 Å². The average Bonchev–Trinajstić information content (AvgIpc) is 3.23. The number of rotatable bonds is 10. The molecule has 8 nitrogen and oxygen atoms in total. The summed E-state index contributed by atoms with van der Waals surface area (Å²) < 4.78 is 16.8. The molecule has 1 heterocycles. The van der Waals surface area contributed by atoms with E-state index in [-0.39, 0.29) is 0 Å². The van der Waals surface area contributed by atoms with E-state index in [1.165, 1.54) is 0 Å². The van der Waals surface area contributed by atoms with Gasteiger partial charge < -0.3 is 30.2 Å². The first-order chi connectivity index (χ1) is 15.3. The zero-order valence-corrected chi connectivity index (χ0v) is 20.3. The highest BCUT2D eigenvalue weighted by atomic mass is 16.6. The lowest BCUT2D eigenvalue weighted by molar-refractivity contribution is 0.0527. The third kappa shape index (κ3) is 10.2. The highest BCUT2D eigenvalue weighted by Crippen LogP contribution is 2.23. The van der Waals surface area contributed by atoms with Crippen molar-refractivity contribution in [2.24, 2.45) is 10.9 Å². The molecule has 0 spiro atoms. The Hall–Kier alpha value is -2.48. The minimum Gasteiger partial charge on any atom is -0.493 e. The number of carbonyl (C=O) groups excluding carboxylic acids is 1. The molecule has 180 valence electrons. The van der Waals surface area contributed by atoms with E-state index < -0.39 is 11.7 Å². The summed E-state index contributed by atoms with van der Waals surface area (Å²) in [5.41, 5.74) is 1.73. The van der Waals surface area contributed by atoms with Crippen LogP contribution in [0.5, 0.6) is 5.75 Å². The van der Waals surface area contributed by atoms with Gasteiger partial charge in [-0.3, -0.25) is 0 Å². The van der Waals surface area contributed by atoms with Gasteiger partial charge in [-0.15, -0.1) is 0 Å². The van der Waals surface area contributed by atoms with E-state index >= 15 is 0 Å². The van der Waals surface area contributed by atoms with E-state index in [4.69, 9.17) is 19.2 Å². The van der Waals surface area contributed by atoms with E-state index in [9.17, 15) is 4.79 Å². The maximum absolute atomic E-state index is 11.7. The van der Waals surface area contributed by atoms with Crippen molar-refractivity contribution < 1.29 is 19.0 Å². The normalized spacial score (nSPS) is 16.5. The molecule has 1 fully saturated rings. The first-order valence-corrected chi connectivity index (χ1v) is 11.6. The zero-order valence-electron chi connectivity index (χ0n) is 20.3. The van der Waals surface area contributed by atoms with Crippen molar-refractivity contribution in [1.29, 1.82) is 0 Å². The van der Waals surface area contributed by atoms with Crippen LogP contribution < -0.4 is 20.7 Å². The number of benzene rings is 1. The topological polar surface area (TPSA) is 93.2 Å². The van der Waals surface area contributed by atoms with Crippen LogP contribution >= 0.6 is 0 Å². The van der Waals surface area contributed by atoms with Gasteiger partial charge in [-0.2, -0.15) is 0 Å². The molecule has 0 bridgehead atoms. The number of carbonyl (C=O) groups is 1. The van der Waals surface area contributed by atoms with Crippen molar-refractivity contribution in [3.63, 3.8) is 0 Å². The number of hydrogen-bond acceptors (Lipinski definition) is 5. The first kappa shape index (κ1) is 25.8. The zero-order chi connectivity index (χ0) is 23.4. The average molecular weight is 449 g/mol. The summed E-state index contributed by atoms with van der Waals surface area (Å²) in [6.45, 7) is 14.4. The third-order valence-electron chi connectivity index (χ3n) is 4.79. The summed E-state index contributed by atoms with van der Waals surface area (Å²) in [5.74, 6) is 2.08. The van der Waals surface area contributed by atoms with Gasteiger partial charge in [0.2, 0.25) is 0 Å². The molecule has 2 rings (SSSR count). The second-order valence-corrected chi connectivity index (χ2v) is 9.06. The van der Waals surface area contributed by atoms with Crippen LogP contribution in [-0.4, -0.2) is 57.1 Å². The lowest BCUT2D eigenvalue weighted by Crippen LogP contribution is -2.39. The number of guanidine groups is 1. The summed E-state index contributed by atoms with van der Waals surface area (Å²) in [7, 11) is 0. The quantitative estimate of drug-likeness (QED) is 0.289. The maximum Gasteiger partial charge on any atom is 0.407 e. The number of nitrogens with zero attached hydrogens (tertiary/aromatic N) is 1. The molecule has 1 aromatic rings. The van der Waals surface area contributed by atoms with Crippen LogP contribution in [0.2, 0.25) is 0 Å². The van der Waals surface area contributed by atoms with Crippen LogP contribution in [0.4, 0.5) is 4.79 Å². The molecule has 1 aliphatic heterocycles. The molecule has 0 saturated carbocycles. The molecule has 0 aliphatic carbocycles. The molecular formula is C24H40N4O4. The largest absolute Gasteiger partial charge is 0.493 e. The number of nitrogens with one attached hydrogen (secondary N) is 3. The Kier molecular flexibility index (Phi) is 10.6. The van der Waals surface area contributed by atoms with E-state index in [2.05, 4.69) is 41.1 Å². The second-order valence-electron chi connectivity index (χ2n) is 9.06. The number of aliphatic imine (C=N–C) groups is 1. The van der Waals surface area contributed by atoms with Crippen LogP contribution in [-0.2, 0) is 16.0 Å². The first-order valence-electron chi connectivity index (χ1n) is 11.6. The fourth-order valence-electron chi connectivity index (χ4n) is 3.15. The van der Waals surface area contributed by atoms with Gasteiger partial charge in [0.05, 0.1) is 19.8 Å². The van der Waals surface area contributed by atoms with Crippen molar-refractivity contribution in [3.8, 4) is 5.75 Å². The second kappa shape index (κ2) is 13.2. The number of aryl methyl sites for hydroxylation is 1. The summed E-state index contributed by atoms with van der Waals surface area (Å²) in [4.78, 5) is 16.4. The summed E-state index contributed by atoms with van der Waals surface area (Å²) >= 11 is 0. The van der Waals surface area contributed by atoms with Crippen molar-refractivity contribution in [2.75, 3.05) is 39.5 Å². The molecule has 8 heteroatoms. The van der Waals surface area contributed by atoms with Crippen molar-refractivity contribution in [2.45, 2.75) is 59.6 Å². The van der Waals surface area contributed by atoms with Crippen molar-refractivity contribution in [1.82, 2.24) is 16.0 Å². The van der Waals surface area contributed by atoms with Crippen molar-refractivity contribution >= 4 is 12.1 Å². The summed E-state index contributed by atoms with van der Waals surface area (Å²) in [6, 6.07) is 6.23. The Balaban J connectivity index is 1.83. The standard InChI is InChI=1S/C24H40N4O4/c1-6-25-22(26-11-7-12-27-23(29)32-24(3,4)5)28-15-20-9-8-18(2)14-21(20)31-17-19-10-13-30-16-19/h8-9,14,19H,6-7,10-13,15-17H2,1-5H3,(H,27,29)(H2,25,26,28). The summed E-state index contributed by atoms with van der Waals surface area (Å²) in [5, 5.41) is 9.34. The van der Waals surface area contributed by atoms with Gasteiger partial charge >= 0.3 is 6.09 Å². The molecule has 1 unspecified atom stereocenters.